The Hall–Kier alpha value is -5.50. The van der Waals surface area contributed by atoms with Gasteiger partial charge in [-0.2, -0.15) is 5.10 Å². The lowest BCUT2D eigenvalue weighted by atomic mass is 9.85. The first-order valence-electron chi connectivity index (χ1n) is 15.6. The Labute approximate surface area is 269 Å². The fourth-order valence-electron chi connectivity index (χ4n) is 6.07. The first-order chi connectivity index (χ1) is 22.2. The zero-order chi connectivity index (χ0) is 32.0. The number of amidine groups is 2. The number of nitrogens with one attached hydrogen (secondary N) is 1. The number of para-hydroxylation sites is 3. The molecule has 1 aromatic heterocycles. The lowest BCUT2D eigenvalue weighted by molar-refractivity contribution is 0.0526. The van der Waals surface area contributed by atoms with Crippen LogP contribution < -0.4 is 10.2 Å². The number of ether oxygens (including phenoxy) is 1. The number of hydrogen-bond acceptors (Lipinski definition) is 7. The third-order valence-corrected chi connectivity index (χ3v) is 8.39. The molecule has 0 spiro atoms. The van der Waals surface area contributed by atoms with E-state index in [9.17, 15) is 4.79 Å². The molecule has 1 unspecified atom stereocenters. The molecule has 0 saturated heterocycles. The molecule has 0 radical (unpaired) electrons. The van der Waals surface area contributed by atoms with E-state index in [1.807, 2.05) is 65.3 Å². The summed E-state index contributed by atoms with van der Waals surface area (Å²) in [6.45, 7) is 10.9. The molecule has 2 aliphatic rings. The first kappa shape index (κ1) is 29.2. The van der Waals surface area contributed by atoms with E-state index in [0.29, 0.717) is 23.8 Å². The molecule has 7 rings (SSSR count). The number of aryl methyl sites for hydroxylation is 1. The van der Waals surface area contributed by atoms with Crippen molar-refractivity contribution in [2.75, 3.05) is 16.8 Å². The second-order valence-electron chi connectivity index (χ2n) is 12.5. The summed E-state index contributed by atoms with van der Waals surface area (Å²) in [5.41, 5.74) is 8.39. The summed E-state index contributed by atoms with van der Waals surface area (Å²) in [6, 6.07) is 34.2. The van der Waals surface area contributed by atoms with Gasteiger partial charge in [0.1, 0.15) is 0 Å². The Balaban J connectivity index is 1.41. The van der Waals surface area contributed by atoms with Crippen LogP contribution in [0.15, 0.2) is 113 Å². The summed E-state index contributed by atoms with van der Waals surface area (Å²) >= 11 is 0. The zero-order valence-electron chi connectivity index (χ0n) is 26.7. The number of aliphatic imine (C=N–C) groups is 2. The topological polar surface area (TPSA) is 84.1 Å². The van der Waals surface area contributed by atoms with E-state index >= 15 is 0 Å². The normalized spacial score (nSPS) is 15.2. The maximum Gasteiger partial charge on any atom is 0.338 e. The molecule has 0 fully saturated rings. The molecule has 1 atom stereocenters. The third kappa shape index (κ3) is 5.15. The quantitative estimate of drug-likeness (QED) is 0.202. The number of hydrogen-bond donors (Lipinski definition) is 1. The molecule has 8 nitrogen and oxygen atoms in total. The van der Waals surface area contributed by atoms with Gasteiger partial charge < -0.3 is 15.0 Å². The molecule has 46 heavy (non-hydrogen) atoms. The highest BCUT2D eigenvalue weighted by molar-refractivity contribution is 6.51. The van der Waals surface area contributed by atoms with Crippen molar-refractivity contribution in [3.8, 4) is 5.69 Å². The summed E-state index contributed by atoms with van der Waals surface area (Å²) in [5.74, 6) is 1.70. The Morgan fingerprint density at radius 3 is 2.26 bits per heavy atom. The fourth-order valence-corrected chi connectivity index (χ4v) is 6.07. The van der Waals surface area contributed by atoms with Crippen LogP contribution in [0.4, 0.5) is 22.9 Å². The van der Waals surface area contributed by atoms with Crippen LogP contribution in [0.25, 0.3) is 5.69 Å². The number of benzene rings is 4. The van der Waals surface area contributed by atoms with Crippen molar-refractivity contribution in [3.05, 3.63) is 131 Å². The second-order valence-corrected chi connectivity index (χ2v) is 12.5. The molecule has 0 bridgehead atoms. The molecule has 2 aliphatic heterocycles. The van der Waals surface area contributed by atoms with E-state index in [1.165, 1.54) is 5.56 Å². The lowest BCUT2D eigenvalue weighted by Crippen LogP contribution is -2.46. The lowest BCUT2D eigenvalue weighted by Gasteiger charge is -2.40. The second kappa shape index (κ2) is 11.5. The predicted molar refractivity (Wildman–Crippen MR) is 184 cm³/mol. The van der Waals surface area contributed by atoms with Gasteiger partial charge in [-0.3, -0.25) is 0 Å². The van der Waals surface area contributed by atoms with Gasteiger partial charge in [0.15, 0.2) is 17.5 Å². The van der Waals surface area contributed by atoms with Gasteiger partial charge in [-0.1, -0.05) is 75.4 Å². The number of carbonyl (C=O) groups is 1. The average molecular weight is 609 g/mol. The Kier molecular flexibility index (Phi) is 7.28. The van der Waals surface area contributed by atoms with Gasteiger partial charge in [0.2, 0.25) is 0 Å². The molecule has 0 saturated carbocycles. The number of anilines is 2. The number of esters is 1. The molecule has 4 aromatic carbocycles. The summed E-state index contributed by atoms with van der Waals surface area (Å²) in [4.78, 5) is 25.0. The van der Waals surface area contributed by atoms with Crippen LogP contribution in [-0.4, -0.2) is 34.0 Å². The first-order valence-corrected chi connectivity index (χ1v) is 15.6. The molecule has 5 aromatic rings. The summed E-state index contributed by atoms with van der Waals surface area (Å²) < 4.78 is 7.10. The standard InChI is InChI=1S/C38H36N6O2/c1-6-46-37(45)26-18-22-28(23-19-26)39-34-36-41-35-32(24(2)42-44(35)29-12-8-7-9-13-29)33(25-16-20-27(21-17-25)38(3,4)5)43(36)31-15-11-10-14-30(31)40-34/h7-23,33H,6H2,1-5H3,(H,39,40). The largest absolute Gasteiger partial charge is 0.462 e. The van der Waals surface area contributed by atoms with Gasteiger partial charge in [-0.05, 0) is 78.9 Å². The minimum absolute atomic E-state index is 0.0290. The molecule has 230 valence electrons. The summed E-state index contributed by atoms with van der Waals surface area (Å²) in [7, 11) is 0. The van der Waals surface area contributed by atoms with Crippen LogP contribution in [0.2, 0.25) is 0 Å². The number of carbonyl (C=O) groups excluding carboxylic acids is 1. The van der Waals surface area contributed by atoms with Crippen LogP contribution in [0.3, 0.4) is 0 Å². The Morgan fingerprint density at radius 2 is 1.57 bits per heavy atom. The van der Waals surface area contributed by atoms with Crippen LogP contribution in [0.5, 0.6) is 0 Å². The van der Waals surface area contributed by atoms with Crippen molar-refractivity contribution in [3.63, 3.8) is 0 Å². The maximum absolute atomic E-state index is 12.3. The monoisotopic (exact) mass is 608 g/mol. The minimum Gasteiger partial charge on any atom is -0.462 e. The van der Waals surface area contributed by atoms with E-state index in [1.54, 1.807) is 19.1 Å². The summed E-state index contributed by atoms with van der Waals surface area (Å²) in [6.07, 6.45) is 0. The number of aromatic nitrogens is 2. The average Bonchev–Trinajstić information content (AvgIpc) is 3.40. The smallest absolute Gasteiger partial charge is 0.338 e. The molecule has 0 aliphatic carbocycles. The highest BCUT2D eigenvalue weighted by Crippen LogP contribution is 2.48. The van der Waals surface area contributed by atoms with Crippen LogP contribution >= 0.6 is 0 Å². The SMILES string of the molecule is CCOC(=O)c1ccc(NC2=Nc3ccccc3N3C2=Nc2c(c(C)nn2-c2ccccc2)C3c2ccc(C(C)(C)C)cc2)cc1. The highest BCUT2D eigenvalue weighted by Gasteiger charge is 2.41. The van der Waals surface area contributed by atoms with Gasteiger partial charge in [0.25, 0.3) is 0 Å². The van der Waals surface area contributed by atoms with Gasteiger partial charge in [0, 0.05) is 11.3 Å². The highest BCUT2D eigenvalue weighted by atomic mass is 16.5. The van der Waals surface area contributed by atoms with E-state index in [2.05, 4.69) is 68.2 Å². The van der Waals surface area contributed by atoms with Crippen LogP contribution in [0.1, 0.15) is 66.5 Å². The molecule has 0 amide bonds. The van der Waals surface area contributed by atoms with E-state index in [-0.39, 0.29) is 17.4 Å². The fraction of sp³-hybridized carbons (Fsp3) is 0.211. The van der Waals surface area contributed by atoms with E-state index in [4.69, 9.17) is 19.8 Å². The van der Waals surface area contributed by atoms with Gasteiger partial charge in [0.05, 0.1) is 41.0 Å². The number of fused-ring (bicyclic) bond motifs is 4. The van der Waals surface area contributed by atoms with Gasteiger partial charge in [-0.25, -0.2) is 19.5 Å². The van der Waals surface area contributed by atoms with Crippen molar-refractivity contribution in [2.45, 2.75) is 46.1 Å². The molecule has 1 N–H and O–H groups in total. The predicted octanol–water partition coefficient (Wildman–Crippen LogP) is 8.45. The summed E-state index contributed by atoms with van der Waals surface area (Å²) in [5, 5.41) is 8.55. The van der Waals surface area contributed by atoms with E-state index in [0.717, 1.165) is 45.4 Å². The number of nitrogens with zero attached hydrogens (tertiary/aromatic N) is 5. The van der Waals surface area contributed by atoms with Crippen molar-refractivity contribution < 1.29 is 9.53 Å². The maximum atomic E-state index is 12.3. The zero-order valence-corrected chi connectivity index (χ0v) is 26.7. The molecular formula is C38H36N6O2. The Morgan fingerprint density at radius 1 is 0.870 bits per heavy atom. The van der Waals surface area contributed by atoms with Gasteiger partial charge in [-0.15, -0.1) is 0 Å². The molecular weight excluding hydrogens is 572 g/mol. The molecule has 3 heterocycles. The third-order valence-electron chi connectivity index (χ3n) is 8.39. The Bertz CT molecular complexity index is 1980. The van der Waals surface area contributed by atoms with Gasteiger partial charge >= 0.3 is 5.97 Å². The minimum atomic E-state index is -0.349. The van der Waals surface area contributed by atoms with E-state index < -0.39 is 0 Å². The van der Waals surface area contributed by atoms with Crippen LogP contribution in [-0.2, 0) is 10.2 Å². The van der Waals surface area contributed by atoms with Crippen molar-refractivity contribution in [2.24, 2.45) is 9.98 Å². The van der Waals surface area contributed by atoms with Crippen molar-refractivity contribution >= 4 is 40.5 Å². The van der Waals surface area contributed by atoms with Crippen molar-refractivity contribution in [1.29, 1.82) is 0 Å². The van der Waals surface area contributed by atoms with Crippen LogP contribution in [0, 0.1) is 6.92 Å². The van der Waals surface area contributed by atoms with Crippen molar-refractivity contribution in [1.82, 2.24) is 9.78 Å². The number of rotatable bonds is 5. The molecule has 8 heteroatoms.